The molecule has 3 aromatic rings. The lowest BCUT2D eigenvalue weighted by molar-refractivity contribution is -0.117. The van der Waals surface area contributed by atoms with E-state index in [2.05, 4.69) is 10.4 Å². The molecular formula is C24H20ClN5O3. The number of rotatable bonds is 5. The van der Waals surface area contributed by atoms with Crippen LogP contribution in [0.1, 0.15) is 28.8 Å². The Kier molecular flexibility index (Phi) is 6.52. The monoisotopic (exact) mass is 461 g/mol. The van der Waals surface area contributed by atoms with Gasteiger partial charge < -0.3 is 10.2 Å². The van der Waals surface area contributed by atoms with Crippen LogP contribution in [-0.4, -0.2) is 39.6 Å². The highest BCUT2D eigenvalue weighted by atomic mass is 35.5. The molecule has 0 saturated carbocycles. The van der Waals surface area contributed by atoms with E-state index in [4.69, 9.17) is 11.6 Å². The zero-order valence-corrected chi connectivity index (χ0v) is 18.4. The molecule has 1 aliphatic heterocycles. The van der Waals surface area contributed by atoms with Crippen molar-refractivity contribution in [3.8, 4) is 17.3 Å². The van der Waals surface area contributed by atoms with Gasteiger partial charge in [0.2, 0.25) is 5.91 Å². The van der Waals surface area contributed by atoms with E-state index in [-0.39, 0.29) is 18.0 Å². The van der Waals surface area contributed by atoms with E-state index in [0.717, 1.165) is 23.1 Å². The van der Waals surface area contributed by atoms with Gasteiger partial charge in [-0.25, -0.2) is 4.68 Å². The molecule has 0 radical (unpaired) electrons. The molecular weight excluding hydrogens is 442 g/mol. The fourth-order valence-electron chi connectivity index (χ4n) is 3.66. The summed E-state index contributed by atoms with van der Waals surface area (Å²) in [5, 5.41) is 16.9. The number of hydrogen-bond donors (Lipinski definition) is 1. The molecule has 9 heteroatoms. The van der Waals surface area contributed by atoms with E-state index in [1.54, 1.807) is 41.3 Å². The number of halogens is 1. The maximum absolute atomic E-state index is 12.7. The van der Waals surface area contributed by atoms with E-state index < -0.39 is 11.5 Å². The predicted octanol–water partition coefficient (Wildman–Crippen LogP) is 3.31. The van der Waals surface area contributed by atoms with Crippen LogP contribution in [0.4, 0.5) is 5.69 Å². The third kappa shape index (κ3) is 5.27. The van der Waals surface area contributed by atoms with Crippen LogP contribution >= 0.6 is 11.6 Å². The number of benzene rings is 2. The number of anilines is 1. The zero-order chi connectivity index (χ0) is 23.4. The number of nitrogens with zero attached hydrogens (tertiary/aromatic N) is 4. The maximum atomic E-state index is 12.7. The minimum Gasteiger partial charge on any atom is -0.339 e. The van der Waals surface area contributed by atoms with Crippen molar-refractivity contribution >= 4 is 29.1 Å². The van der Waals surface area contributed by atoms with E-state index in [1.165, 1.54) is 18.2 Å². The van der Waals surface area contributed by atoms with Gasteiger partial charge >= 0.3 is 0 Å². The van der Waals surface area contributed by atoms with Crippen LogP contribution in [0.5, 0.6) is 0 Å². The molecule has 8 nitrogen and oxygen atoms in total. The van der Waals surface area contributed by atoms with Gasteiger partial charge in [-0.1, -0.05) is 23.7 Å². The van der Waals surface area contributed by atoms with Gasteiger partial charge in [0, 0.05) is 41.0 Å². The molecule has 1 saturated heterocycles. The standard InChI is InChI=1S/C24H20ClN5O3/c25-19-5-3-17(4-6-19)21-7-8-23(32)30(28-21)15-22(31)27-20-12-16(14-26)11-18(13-20)24(33)29-9-1-2-10-29/h3-8,11-13H,1-2,9-10,15H2,(H,27,31). The van der Waals surface area contributed by atoms with Crippen molar-refractivity contribution in [1.29, 1.82) is 5.26 Å². The molecule has 1 fully saturated rings. The average Bonchev–Trinajstić information content (AvgIpc) is 3.35. The van der Waals surface area contributed by atoms with Crippen molar-refractivity contribution in [2.24, 2.45) is 0 Å². The van der Waals surface area contributed by atoms with Gasteiger partial charge in [-0.3, -0.25) is 14.4 Å². The molecule has 0 spiro atoms. The minimum atomic E-state index is -0.507. The van der Waals surface area contributed by atoms with Gasteiger partial charge in [0.25, 0.3) is 11.5 Å². The summed E-state index contributed by atoms with van der Waals surface area (Å²) in [5.74, 6) is -0.679. The van der Waals surface area contributed by atoms with E-state index in [9.17, 15) is 19.6 Å². The second kappa shape index (κ2) is 9.67. The highest BCUT2D eigenvalue weighted by molar-refractivity contribution is 6.30. The van der Waals surface area contributed by atoms with Crippen LogP contribution in [0.3, 0.4) is 0 Å². The summed E-state index contributed by atoms with van der Waals surface area (Å²) in [5.41, 5.74) is 1.74. The first-order valence-corrected chi connectivity index (χ1v) is 10.8. The van der Waals surface area contributed by atoms with Crippen LogP contribution in [0.15, 0.2) is 59.4 Å². The Bertz CT molecular complexity index is 1300. The molecule has 0 bridgehead atoms. The number of amides is 2. The summed E-state index contributed by atoms with van der Waals surface area (Å²) < 4.78 is 1.06. The number of nitriles is 1. The van der Waals surface area contributed by atoms with Crippen molar-refractivity contribution in [2.75, 3.05) is 18.4 Å². The summed E-state index contributed by atoms with van der Waals surface area (Å²) in [6.45, 7) is 1.03. The Morgan fingerprint density at radius 1 is 1.06 bits per heavy atom. The maximum Gasteiger partial charge on any atom is 0.267 e. The first-order chi connectivity index (χ1) is 15.9. The molecule has 1 aromatic heterocycles. The van der Waals surface area contributed by atoms with E-state index in [1.807, 2.05) is 6.07 Å². The first kappa shape index (κ1) is 22.2. The van der Waals surface area contributed by atoms with E-state index >= 15 is 0 Å². The Hall–Kier alpha value is -3.96. The number of likely N-dealkylation sites (tertiary alicyclic amines) is 1. The van der Waals surface area contributed by atoms with Crippen LogP contribution in [0.25, 0.3) is 11.3 Å². The van der Waals surface area contributed by atoms with Crippen LogP contribution in [-0.2, 0) is 11.3 Å². The average molecular weight is 462 g/mol. The topological polar surface area (TPSA) is 108 Å². The summed E-state index contributed by atoms with van der Waals surface area (Å²) in [6, 6.07) is 16.4. The SMILES string of the molecule is N#Cc1cc(NC(=O)Cn2nc(-c3ccc(Cl)cc3)ccc2=O)cc(C(=O)N2CCCC2)c1. The van der Waals surface area contributed by atoms with Gasteiger partial charge in [0.1, 0.15) is 6.54 Å². The summed E-state index contributed by atoms with van der Waals surface area (Å²) in [6.07, 6.45) is 1.90. The molecule has 4 rings (SSSR count). The summed E-state index contributed by atoms with van der Waals surface area (Å²) in [7, 11) is 0. The largest absolute Gasteiger partial charge is 0.339 e. The number of carbonyl (C=O) groups is 2. The van der Waals surface area contributed by atoms with Gasteiger partial charge in [0.15, 0.2) is 0 Å². The normalized spacial score (nSPS) is 12.9. The number of nitrogens with one attached hydrogen (secondary N) is 1. The molecule has 1 aliphatic rings. The van der Waals surface area contributed by atoms with Crippen LogP contribution in [0.2, 0.25) is 5.02 Å². The third-order valence-corrected chi connectivity index (χ3v) is 5.54. The highest BCUT2D eigenvalue weighted by Gasteiger charge is 2.20. The van der Waals surface area contributed by atoms with Crippen LogP contribution in [0, 0.1) is 11.3 Å². The van der Waals surface area contributed by atoms with Crippen molar-refractivity contribution in [2.45, 2.75) is 19.4 Å². The van der Waals surface area contributed by atoms with Gasteiger partial charge in [-0.2, -0.15) is 10.4 Å². The van der Waals surface area contributed by atoms with Gasteiger partial charge in [0.05, 0.1) is 17.3 Å². The van der Waals surface area contributed by atoms with Crippen LogP contribution < -0.4 is 10.9 Å². The molecule has 2 aromatic carbocycles. The lowest BCUT2D eigenvalue weighted by Crippen LogP contribution is -2.30. The quantitative estimate of drug-likeness (QED) is 0.627. The lowest BCUT2D eigenvalue weighted by atomic mass is 10.1. The molecule has 0 atom stereocenters. The number of hydrogen-bond acceptors (Lipinski definition) is 5. The molecule has 0 aliphatic carbocycles. The molecule has 1 N–H and O–H groups in total. The second-order valence-corrected chi connectivity index (χ2v) is 8.12. The highest BCUT2D eigenvalue weighted by Crippen LogP contribution is 2.20. The lowest BCUT2D eigenvalue weighted by Gasteiger charge is -2.16. The van der Waals surface area contributed by atoms with Crippen molar-refractivity contribution < 1.29 is 9.59 Å². The number of carbonyl (C=O) groups excluding carboxylic acids is 2. The fourth-order valence-corrected chi connectivity index (χ4v) is 3.79. The second-order valence-electron chi connectivity index (χ2n) is 7.68. The Morgan fingerprint density at radius 2 is 1.79 bits per heavy atom. The molecule has 2 heterocycles. The van der Waals surface area contributed by atoms with E-state index in [0.29, 0.717) is 35.1 Å². The third-order valence-electron chi connectivity index (χ3n) is 5.29. The molecule has 33 heavy (non-hydrogen) atoms. The molecule has 0 unspecified atom stereocenters. The van der Waals surface area contributed by atoms with Gasteiger partial charge in [-0.15, -0.1) is 0 Å². The predicted molar refractivity (Wildman–Crippen MR) is 124 cm³/mol. The smallest absolute Gasteiger partial charge is 0.267 e. The van der Waals surface area contributed by atoms with Crippen molar-refractivity contribution in [3.05, 3.63) is 81.1 Å². The zero-order valence-electron chi connectivity index (χ0n) is 17.6. The van der Waals surface area contributed by atoms with Crippen molar-refractivity contribution in [1.82, 2.24) is 14.7 Å². The fraction of sp³-hybridized carbons (Fsp3) is 0.208. The Morgan fingerprint density at radius 3 is 2.48 bits per heavy atom. The van der Waals surface area contributed by atoms with Gasteiger partial charge in [-0.05, 0) is 49.2 Å². The summed E-state index contributed by atoms with van der Waals surface area (Å²) in [4.78, 5) is 39.4. The Labute approximate surface area is 195 Å². The Balaban J connectivity index is 1.53. The molecule has 166 valence electrons. The molecule has 2 amide bonds. The number of aromatic nitrogens is 2. The first-order valence-electron chi connectivity index (χ1n) is 10.4. The minimum absolute atomic E-state index is 0.173. The van der Waals surface area contributed by atoms with Crippen molar-refractivity contribution in [3.63, 3.8) is 0 Å². The summed E-state index contributed by atoms with van der Waals surface area (Å²) >= 11 is 5.92.